The topological polar surface area (TPSA) is 61.8 Å². The van der Waals surface area contributed by atoms with Crippen molar-refractivity contribution in [1.29, 1.82) is 0 Å². The molecule has 0 aromatic heterocycles. The fourth-order valence-corrected chi connectivity index (χ4v) is 0.844. The van der Waals surface area contributed by atoms with E-state index in [9.17, 15) is 9.59 Å². The maximum Gasteiger partial charge on any atom is 0.303 e. The van der Waals surface area contributed by atoms with Gasteiger partial charge in [0, 0.05) is 13.8 Å². The molecule has 0 amide bonds. The minimum atomic E-state index is -0.564. The van der Waals surface area contributed by atoms with Crippen molar-refractivity contribution in [2.24, 2.45) is 0 Å². The van der Waals surface area contributed by atoms with Crippen LogP contribution >= 0.6 is 0 Å². The lowest BCUT2D eigenvalue weighted by molar-refractivity contribution is -0.159. The summed E-state index contributed by atoms with van der Waals surface area (Å²) in [4.78, 5) is 21.2. The van der Waals surface area contributed by atoms with Gasteiger partial charge < -0.3 is 14.2 Å². The number of esters is 2. The molecular formula is C10H16O5. The molecule has 5 heteroatoms. The Labute approximate surface area is 89.0 Å². The van der Waals surface area contributed by atoms with Crippen molar-refractivity contribution in [2.75, 3.05) is 19.8 Å². The van der Waals surface area contributed by atoms with E-state index in [1.165, 1.54) is 13.8 Å². The Balaban J connectivity index is 3.88. The van der Waals surface area contributed by atoms with Gasteiger partial charge in [0.15, 0.2) is 6.10 Å². The highest BCUT2D eigenvalue weighted by atomic mass is 16.6. The summed E-state index contributed by atoms with van der Waals surface area (Å²) in [6.45, 7) is 6.59. The number of hydrogen-bond donors (Lipinski definition) is 0. The monoisotopic (exact) mass is 216 g/mol. The Morgan fingerprint density at radius 2 is 1.93 bits per heavy atom. The first kappa shape index (κ1) is 13.6. The Hall–Kier alpha value is -1.36. The molecule has 5 nitrogen and oxygen atoms in total. The average Bonchev–Trinajstić information content (AvgIpc) is 2.13. The quantitative estimate of drug-likeness (QED) is 0.356. The summed E-state index contributed by atoms with van der Waals surface area (Å²) in [5, 5.41) is 0. The van der Waals surface area contributed by atoms with Crippen LogP contribution in [0.3, 0.4) is 0 Å². The second-order valence-corrected chi connectivity index (χ2v) is 2.86. The fraction of sp³-hybridized carbons (Fsp3) is 0.600. The van der Waals surface area contributed by atoms with Gasteiger partial charge in [0.1, 0.15) is 6.61 Å². The Morgan fingerprint density at radius 3 is 2.40 bits per heavy atom. The standard InChI is InChI=1S/C10H16O5/c1-4-5-13-6-10(15-9(3)12)7-14-8(2)11/h4,10H,1,5-7H2,2-3H3. The molecule has 0 N–H and O–H groups in total. The van der Waals surface area contributed by atoms with Crippen LogP contribution in [-0.2, 0) is 23.8 Å². The third-order valence-corrected chi connectivity index (χ3v) is 1.34. The van der Waals surface area contributed by atoms with Gasteiger partial charge in [-0.1, -0.05) is 6.08 Å². The molecule has 0 bridgehead atoms. The summed E-state index contributed by atoms with van der Waals surface area (Å²) in [6, 6.07) is 0. The van der Waals surface area contributed by atoms with Crippen LogP contribution in [0.2, 0.25) is 0 Å². The summed E-state index contributed by atoms with van der Waals surface area (Å²) in [6.07, 6.45) is 1.02. The van der Waals surface area contributed by atoms with Crippen LogP contribution < -0.4 is 0 Å². The maximum atomic E-state index is 10.7. The molecule has 1 unspecified atom stereocenters. The summed E-state index contributed by atoms with van der Waals surface area (Å²) in [5.74, 6) is -0.856. The van der Waals surface area contributed by atoms with Crippen molar-refractivity contribution in [1.82, 2.24) is 0 Å². The highest BCUT2D eigenvalue weighted by molar-refractivity contribution is 5.67. The normalized spacial score (nSPS) is 11.6. The SMILES string of the molecule is C=CCOCC(COC(C)=O)OC(C)=O. The van der Waals surface area contributed by atoms with E-state index in [1.807, 2.05) is 0 Å². The largest absolute Gasteiger partial charge is 0.462 e. The van der Waals surface area contributed by atoms with E-state index in [4.69, 9.17) is 14.2 Å². The average molecular weight is 216 g/mol. The first-order chi connectivity index (χ1) is 7.06. The first-order valence-corrected chi connectivity index (χ1v) is 4.55. The molecular weight excluding hydrogens is 200 g/mol. The van der Waals surface area contributed by atoms with E-state index in [-0.39, 0.29) is 13.2 Å². The zero-order valence-corrected chi connectivity index (χ0v) is 9.02. The van der Waals surface area contributed by atoms with Gasteiger partial charge in [0.2, 0.25) is 0 Å². The van der Waals surface area contributed by atoms with Gasteiger partial charge in [-0.15, -0.1) is 6.58 Å². The van der Waals surface area contributed by atoms with E-state index in [2.05, 4.69) is 6.58 Å². The van der Waals surface area contributed by atoms with Crippen molar-refractivity contribution >= 4 is 11.9 Å². The molecule has 1 atom stereocenters. The zero-order chi connectivity index (χ0) is 11.7. The minimum absolute atomic E-state index is 0.00601. The van der Waals surface area contributed by atoms with Gasteiger partial charge in [-0.25, -0.2) is 0 Å². The Bertz CT molecular complexity index is 224. The second-order valence-electron chi connectivity index (χ2n) is 2.86. The summed E-state index contributed by atoms with van der Waals surface area (Å²) < 4.78 is 14.7. The lowest BCUT2D eigenvalue weighted by atomic mass is 10.4. The van der Waals surface area contributed by atoms with Crippen LogP contribution in [0, 0.1) is 0 Å². The van der Waals surface area contributed by atoms with Crippen molar-refractivity contribution < 1.29 is 23.8 Å². The van der Waals surface area contributed by atoms with Crippen LogP contribution in [0.5, 0.6) is 0 Å². The van der Waals surface area contributed by atoms with Gasteiger partial charge in [0.25, 0.3) is 0 Å². The number of ether oxygens (including phenoxy) is 3. The summed E-state index contributed by atoms with van der Waals surface area (Å²) in [5.41, 5.74) is 0. The zero-order valence-electron chi connectivity index (χ0n) is 9.02. The number of hydrogen-bond acceptors (Lipinski definition) is 5. The fourth-order valence-electron chi connectivity index (χ4n) is 0.844. The highest BCUT2D eigenvalue weighted by Crippen LogP contribution is 1.96. The van der Waals surface area contributed by atoms with Gasteiger partial charge in [-0.3, -0.25) is 9.59 Å². The molecule has 0 saturated heterocycles. The minimum Gasteiger partial charge on any atom is -0.462 e. The van der Waals surface area contributed by atoms with Crippen molar-refractivity contribution in [3.8, 4) is 0 Å². The van der Waals surface area contributed by atoms with Crippen LogP contribution in [0.15, 0.2) is 12.7 Å². The smallest absolute Gasteiger partial charge is 0.303 e. The number of carbonyl (C=O) groups is 2. The maximum absolute atomic E-state index is 10.7. The van der Waals surface area contributed by atoms with E-state index in [1.54, 1.807) is 6.08 Å². The first-order valence-electron chi connectivity index (χ1n) is 4.55. The lowest BCUT2D eigenvalue weighted by Crippen LogP contribution is -2.28. The number of rotatable bonds is 7. The van der Waals surface area contributed by atoms with Crippen molar-refractivity contribution in [3.05, 3.63) is 12.7 Å². The predicted octanol–water partition coefficient (Wildman–Crippen LogP) is 0.684. The third-order valence-electron chi connectivity index (χ3n) is 1.34. The van der Waals surface area contributed by atoms with Gasteiger partial charge in [-0.2, -0.15) is 0 Å². The van der Waals surface area contributed by atoms with Crippen LogP contribution in [0.4, 0.5) is 0 Å². The van der Waals surface area contributed by atoms with E-state index >= 15 is 0 Å². The second kappa shape index (κ2) is 7.99. The Kier molecular flexibility index (Phi) is 7.27. The molecule has 0 aliphatic rings. The molecule has 0 aliphatic carbocycles. The van der Waals surface area contributed by atoms with E-state index in [0.29, 0.717) is 6.61 Å². The molecule has 0 saturated carbocycles. The molecule has 0 aliphatic heterocycles. The molecule has 0 radical (unpaired) electrons. The number of carbonyl (C=O) groups excluding carboxylic acids is 2. The van der Waals surface area contributed by atoms with Crippen molar-refractivity contribution in [3.63, 3.8) is 0 Å². The summed E-state index contributed by atoms with van der Waals surface area (Å²) in [7, 11) is 0. The van der Waals surface area contributed by atoms with Crippen LogP contribution in [0.1, 0.15) is 13.8 Å². The molecule has 0 spiro atoms. The van der Waals surface area contributed by atoms with E-state index < -0.39 is 18.0 Å². The lowest BCUT2D eigenvalue weighted by Gasteiger charge is -2.16. The molecule has 0 aromatic rings. The molecule has 0 aromatic carbocycles. The van der Waals surface area contributed by atoms with Crippen LogP contribution in [0.25, 0.3) is 0 Å². The molecule has 0 heterocycles. The Morgan fingerprint density at radius 1 is 1.27 bits per heavy atom. The molecule has 15 heavy (non-hydrogen) atoms. The molecule has 0 rings (SSSR count). The molecule has 86 valence electrons. The van der Waals surface area contributed by atoms with Crippen molar-refractivity contribution in [2.45, 2.75) is 20.0 Å². The summed E-state index contributed by atoms with van der Waals surface area (Å²) >= 11 is 0. The van der Waals surface area contributed by atoms with Gasteiger partial charge in [-0.05, 0) is 0 Å². The highest BCUT2D eigenvalue weighted by Gasteiger charge is 2.13. The van der Waals surface area contributed by atoms with Gasteiger partial charge >= 0.3 is 11.9 Å². The molecule has 0 fully saturated rings. The predicted molar refractivity (Wildman–Crippen MR) is 53.2 cm³/mol. The van der Waals surface area contributed by atoms with Gasteiger partial charge in [0.05, 0.1) is 13.2 Å². The third kappa shape index (κ3) is 8.96. The van der Waals surface area contributed by atoms with E-state index in [0.717, 1.165) is 0 Å². The van der Waals surface area contributed by atoms with Crippen LogP contribution in [-0.4, -0.2) is 37.9 Å².